The van der Waals surface area contributed by atoms with E-state index in [0.717, 1.165) is 18.0 Å². The molecule has 1 saturated heterocycles. The zero-order valence-corrected chi connectivity index (χ0v) is 14.7. The highest BCUT2D eigenvalue weighted by Gasteiger charge is 2.30. The van der Waals surface area contributed by atoms with Crippen molar-refractivity contribution in [3.05, 3.63) is 35.4 Å². The molecule has 0 spiro atoms. The molecule has 1 aliphatic carbocycles. The Morgan fingerprint density at radius 3 is 2.61 bits per heavy atom. The standard InChI is InChI=1S/C18H25N3OS/c1-12-8-10-14(11-9-12)16-13(2)19-18(23-16)21-17(22)20-15-6-4-3-5-7-15/h8-11,13,15-16H,3-7H2,1-2H3,(H2,19,20,21,22)/t13-,16+/m0/s1. The first kappa shape index (κ1) is 16.4. The Kier molecular flexibility index (Phi) is 5.26. The summed E-state index contributed by atoms with van der Waals surface area (Å²) in [5.74, 6) is 0. The number of amides is 2. The van der Waals surface area contributed by atoms with E-state index in [9.17, 15) is 4.79 Å². The molecule has 2 fully saturated rings. The van der Waals surface area contributed by atoms with Gasteiger partial charge in [0.25, 0.3) is 0 Å². The molecular formula is C18H25N3OS. The monoisotopic (exact) mass is 331 g/mol. The molecule has 2 aliphatic rings. The van der Waals surface area contributed by atoms with Crippen molar-refractivity contribution >= 4 is 23.0 Å². The highest BCUT2D eigenvalue weighted by molar-refractivity contribution is 8.14. The first-order chi connectivity index (χ1) is 11.1. The van der Waals surface area contributed by atoms with Gasteiger partial charge < -0.3 is 10.6 Å². The summed E-state index contributed by atoms with van der Waals surface area (Å²) in [4.78, 5) is 16.3. The molecule has 0 aromatic heterocycles. The Hall–Kier alpha value is -1.49. The molecule has 1 heterocycles. The maximum atomic E-state index is 12.1. The average molecular weight is 331 g/mol. The quantitative estimate of drug-likeness (QED) is 0.855. The number of aliphatic imine (C=N–C) groups is 1. The molecule has 2 amide bonds. The molecule has 5 heteroatoms. The van der Waals surface area contributed by atoms with Crippen molar-refractivity contribution in [2.45, 2.75) is 63.3 Å². The largest absolute Gasteiger partial charge is 0.361 e. The predicted octanol–water partition coefficient (Wildman–Crippen LogP) is 4.16. The van der Waals surface area contributed by atoms with Crippen LogP contribution in [0.4, 0.5) is 4.79 Å². The van der Waals surface area contributed by atoms with Gasteiger partial charge in [0.15, 0.2) is 5.17 Å². The molecule has 1 aromatic carbocycles. The Labute approximate surface area is 142 Å². The summed E-state index contributed by atoms with van der Waals surface area (Å²) in [7, 11) is 0. The van der Waals surface area contributed by atoms with Crippen LogP contribution in [0.5, 0.6) is 0 Å². The maximum absolute atomic E-state index is 12.1. The van der Waals surface area contributed by atoms with E-state index in [4.69, 9.17) is 0 Å². The van der Waals surface area contributed by atoms with Gasteiger partial charge in [-0.1, -0.05) is 60.9 Å². The topological polar surface area (TPSA) is 53.5 Å². The normalized spacial score (nSPS) is 27.0. The van der Waals surface area contributed by atoms with Crippen LogP contribution >= 0.6 is 11.8 Å². The summed E-state index contributed by atoms with van der Waals surface area (Å²) in [6.45, 7) is 4.23. The van der Waals surface area contributed by atoms with E-state index in [1.165, 1.54) is 30.4 Å². The number of amidine groups is 1. The zero-order chi connectivity index (χ0) is 16.2. The first-order valence-corrected chi connectivity index (χ1v) is 9.39. The van der Waals surface area contributed by atoms with E-state index in [1.54, 1.807) is 11.8 Å². The predicted molar refractivity (Wildman–Crippen MR) is 96.9 cm³/mol. The fourth-order valence-electron chi connectivity index (χ4n) is 3.24. The van der Waals surface area contributed by atoms with Crippen molar-refractivity contribution < 1.29 is 4.79 Å². The van der Waals surface area contributed by atoms with Crippen LogP contribution < -0.4 is 10.6 Å². The lowest BCUT2D eigenvalue weighted by Gasteiger charge is -2.21. The van der Waals surface area contributed by atoms with Crippen LogP contribution in [0.3, 0.4) is 0 Å². The number of rotatable bonds is 2. The number of nitrogens with one attached hydrogen (secondary N) is 2. The Balaban J connectivity index is 1.60. The lowest BCUT2D eigenvalue weighted by atomic mass is 9.96. The smallest absolute Gasteiger partial charge is 0.343 e. The molecule has 0 bridgehead atoms. The molecule has 124 valence electrons. The minimum absolute atomic E-state index is 0.205. The summed E-state index contributed by atoms with van der Waals surface area (Å²) in [5.41, 5.74) is 2.54. The summed E-state index contributed by atoms with van der Waals surface area (Å²) < 4.78 is 0. The number of hydrogen-bond acceptors (Lipinski definition) is 2. The highest BCUT2D eigenvalue weighted by Crippen LogP contribution is 2.37. The van der Waals surface area contributed by atoms with Gasteiger partial charge in [0.1, 0.15) is 0 Å². The number of carbonyl (C=O) groups excluding carboxylic acids is 1. The molecule has 0 radical (unpaired) electrons. The Morgan fingerprint density at radius 2 is 1.91 bits per heavy atom. The van der Waals surface area contributed by atoms with Gasteiger partial charge in [-0.2, -0.15) is 4.99 Å². The third-order valence-corrected chi connectivity index (χ3v) is 5.95. The number of carbonyl (C=O) groups is 1. The van der Waals surface area contributed by atoms with E-state index < -0.39 is 0 Å². The van der Waals surface area contributed by atoms with Crippen LogP contribution in [0.15, 0.2) is 29.3 Å². The molecule has 3 rings (SSSR count). The fraction of sp³-hybridized carbons (Fsp3) is 0.556. The van der Waals surface area contributed by atoms with E-state index in [1.807, 2.05) is 0 Å². The van der Waals surface area contributed by atoms with Gasteiger partial charge in [-0.15, -0.1) is 0 Å². The van der Waals surface area contributed by atoms with Crippen LogP contribution in [0, 0.1) is 6.92 Å². The highest BCUT2D eigenvalue weighted by atomic mass is 32.2. The molecule has 2 atom stereocenters. The van der Waals surface area contributed by atoms with E-state index in [-0.39, 0.29) is 12.1 Å². The molecule has 23 heavy (non-hydrogen) atoms. The summed E-state index contributed by atoms with van der Waals surface area (Å²) in [6, 6.07) is 8.96. The van der Waals surface area contributed by atoms with Gasteiger partial charge in [-0.3, -0.25) is 0 Å². The second-order valence-corrected chi connectivity index (χ2v) is 7.71. The maximum Gasteiger partial charge on any atom is 0.343 e. The summed E-state index contributed by atoms with van der Waals surface area (Å²) in [5, 5.41) is 7.42. The number of nitrogens with zero attached hydrogens (tertiary/aromatic N) is 1. The molecule has 2 N–H and O–H groups in total. The van der Waals surface area contributed by atoms with Gasteiger partial charge in [0.05, 0.1) is 5.25 Å². The minimum atomic E-state index is -0.205. The SMILES string of the molecule is Cc1ccc([C@@H]2S/C(=N\C(=O)NC3CCCCC3)N[C@H]2C)cc1. The van der Waals surface area contributed by atoms with Gasteiger partial charge in [-0.25, -0.2) is 4.79 Å². The number of thioether (sulfide) groups is 1. The Morgan fingerprint density at radius 1 is 1.22 bits per heavy atom. The minimum Gasteiger partial charge on any atom is -0.361 e. The van der Waals surface area contributed by atoms with Crippen molar-refractivity contribution in [3.8, 4) is 0 Å². The molecule has 1 aliphatic heterocycles. The fourth-order valence-corrected chi connectivity index (χ4v) is 4.44. The van der Waals surface area contributed by atoms with Crippen molar-refractivity contribution in [2.24, 2.45) is 4.99 Å². The number of hydrogen-bond donors (Lipinski definition) is 2. The van der Waals surface area contributed by atoms with Gasteiger partial charge in [0, 0.05) is 12.1 Å². The van der Waals surface area contributed by atoms with Gasteiger partial charge in [0.2, 0.25) is 0 Å². The van der Waals surface area contributed by atoms with Crippen molar-refractivity contribution in [2.75, 3.05) is 0 Å². The number of benzene rings is 1. The molecular weight excluding hydrogens is 306 g/mol. The van der Waals surface area contributed by atoms with Crippen molar-refractivity contribution in [3.63, 3.8) is 0 Å². The third kappa shape index (κ3) is 4.28. The third-order valence-electron chi connectivity index (χ3n) is 4.59. The van der Waals surface area contributed by atoms with Crippen LogP contribution in [-0.2, 0) is 0 Å². The van der Waals surface area contributed by atoms with Crippen LogP contribution in [0.25, 0.3) is 0 Å². The zero-order valence-electron chi connectivity index (χ0n) is 13.8. The lowest BCUT2D eigenvalue weighted by Crippen LogP contribution is -2.35. The molecule has 4 nitrogen and oxygen atoms in total. The van der Waals surface area contributed by atoms with Crippen molar-refractivity contribution in [1.82, 2.24) is 10.6 Å². The van der Waals surface area contributed by atoms with Crippen LogP contribution in [0.2, 0.25) is 0 Å². The second kappa shape index (κ2) is 7.39. The number of urea groups is 1. The number of aryl methyl sites for hydroxylation is 1. The second-order valence-electron chi connectivity index (χ2n) is 6.58. The van der Waals surface area contributed by atoms with E-state index in [2.05, 4.69) is 53.7 Å². The average Bonchev–Trinajstić information content (AvgIpc) is 2.89. The van der Waals surface area contributed by atoms with Crippen LogP contribution in [-0.4, -0.2) is 23.3 Å². The van der Waals surface area contributed by atoms with Gasteiger partial charge >= 0.3 is 6.03 Å². The summed E-state index contributed by atoms with van der Waals surface area (Å²) in [6.07, 6.45) is 5.87. The molecule has 1 saturated carbocycles. The van der Waals surface area contributed by atoms with Gasteiger partial charge in [-0.05, 0) is 32.3 Å². The molecule has 1 aromatic rings. The first-order valence-electron chi connectivity index (χ1n) is 8.51. The van der Waals surface area contributed by atoms with E-state index >= 15 is 0 Å². The van der Waals surface area contributed by atoms with Crippen LogP contribution in [0.1, 0.15) is 55.4 Å². The van der Waals surface area contributed by atoms with E-state index in [0.29, 0.717) is 11.3 Å². The molecule has 0 unspecified atom stereocenters. The lowest BCUT2D eigenvalue weighted by molar-refractivity contribution is 0.241. The summed E-state index contributed by atoms with van der Waals surface area (Å²) >= 11 is 1.65. The van der Waals surface area contributed by atoms with Crippen molar-refractivity contribution in [1.29, 1.82) is 0 Å². The Bertz CT molecular complexity index is 578.